The third-order valence-electron chi connectivity index (χ3n) is 2.08. The summed E-state index contributed by atoms with van der Waals surface area (Å²) in [6.45, 7) is 1.45. The molecule has 0 amide bonds. The van der Waals surface area contributed by atoms with Gasteiger partial charge in [0.2, 0.25) is 5.76 Å². The van der Waals surface area contributed by atoms with Gasteiger partial charge in [0.15, 0.2) is 5.78 Å². The number of hydrogen-bond acceptors (Lipinski definition) is 5. The molecular formula is C13H14O5. The Hall–Kier alpha value is -2.30. The maximum absolute atomic E-state index is 11.4. The first-order valence-electron chi connectivity index (χ1n) is 5.18. The minimum absolute atomic E-state index is 0.0872. The molecule has 96 valence electrons. The molecule has 0 N–H and O–H groups in total. The quantitative estimate of drug-likeness (QED) is 0.346. The molecule has 0 aliphatic carbocycles. The monoisotopic (exact) mass is 250 g/mol. The first kappa shape index (κ1) is 13.8. The average molecular weight is 250 g/mol. The lowest BCUT2D eigenvalue weighted by Crippen LogP contribution is -2.11. The number of methoxy groups -OCH3 is 2. The molecule has 0 saturated heterocycles. The van der Waals surface area contributed by atoms with E-state index in [4.69, 9.17) is 9.47 Å². The second-order valence-corrected chi connectivity index (χ2v) is 3.40. The first-order chi connectivity index (χ1) is 8.58. The van der Waals surface area contributed by atoms with E-state index in [0.29, 0.717) is 11.3 Å². The van der Waals surface area contributed by atoms with Crippen LogP contribution < -0.4 is 4.74 Å². The van der Waals surface area contributed by atoms with E-state index in [1.165, 1.54) is 27.2 Å². The molecule has 1 aromatic carbocycles. The number of ketones is 1. The lowest BCUT2D eigenvalue weighted by atomic mass is 10.1. The van der Waals surface area contributed by atoms with Gasteiger partial charge in [-0.2, -0.15) is 0 Å². The molecular weight excluding hydrogens is 236 g/mol. The van der Waals surface area contributed by atoms with Crippen molar-refractivity contribution in [2.45, 2.75) is 6.92 Å². The maximum atomic E-state index is 11.4. The van der Waals surface area contributed by atoms with Gasteiger partial charge in [-0.25, -0.2) is 4.79 Å². The Morgan fingerprint density at radius 3 is 2.50 bits per heavy atom. The third kappa shape index (κ3) is 3.62. The summed E-state index contributed by atoms with van der Waals surface area (Å²) < 4.78 is 14.6. The highest BCUT2D eigenvalue weighted by atomic mass is 16.6. The maximum Gasteiger partial charge on any atom is 0.377 e. The fourth-order valence-corrected chi connectivity index (χ4v) is 1.23. The van der Waals surface area contributed by atoms with Gasteiger partial charge in [0.25, 0.3) is 0 Å². The molecule has 18 heavy (non-hydrogen) atoms. The number of rotatable bonds is 5. The Bertz CT molecular complexity index is 476. The van der Waals surface area contributed by atoms with Gasteiger partial charge in [-0.15, -0.1) is 0 Å². The Morgan fingerprint density at radius 1 is 1.22 bits per heavy atom. The van der Waals surface area contributed by atoms with Crippen molar-refractivity contribution in [3.8, 4) is 5.75 Å². The summed E-state index contributed by atoms with van der Waals surface area (Å²) >= 11 is 0. The Morgan fingerprint density at radius 2 is 1.94 bits per heavy atom. The lowest BCUT2D eigenvalue weighted by molar-refractivity contribution is -0.138. The predicted octanol–water partition coefficient (Wildman–Crippen LogP) is 1.93. The molecule has 1 aromatic rings. The van der Waals surface area contributed by atoms with Crippen LogP contribution in [0.2, 0.25) is 0 Å². The Labute approximate surface area is 105 Å². The zero-order valence-corrected chi connectivity index (χ0v) is 10.4. The zero-order chi connectivity index (χ0) is 13.5. The van der Waals surface area contributed by atoms with Crippen molar-refractivity contribution in [2.75, 3.05) is 14.2 Å². The number of hydrogen-bond donors (Lipinski definition) is 0. The van der Waals surface area contributed by atoms with Crippen LogP contribution in [0.15, 0.2) is 36.3 Å². The number of ether oxygens (including phenoxy) is 3. The number of carbonyl (C=O) groups is 2. The third-order valence-corrected chi connectivity index (χ3v) is 2.08. The number of benzene rings is 1. The van der Waals surface area contributed by atoms with Crippen molar-refractivity contribution >= 4 is 11.8 Å². The van der Waals surface area contributed by atoms with Crippen LogP contribution in [-0.2, 0) is 14.3 Å². The predicted molar refractivity (Wildman–Crippen MR) is 64.2 cm³/mol. The highest BCUT2D eigenvalue weighted by Gasteiger charge is 2.13. The van der Waals surface area contributed by atoms with Crippen molar-refractivity contribution in [1.82, 2.24) is 0 Å². The molecule has 0 radical (unpaired) electrons. The molecule has 0 saturated carbocycles. The fourth-order valence-electron chi connectivity index (χ4n) is 1.23. The van der Waals surface area contributed by atoms with Crippen LogP contribution >= 0.6 is 0 Å². The van der Waals surface area contributed by atoms with Crippen LogP contribution in [0.3, 0.4) is 0 Å². The van der Waals surface area contributed by atoms with Crippen LogP contribution in [0.1, 0.15) is 17.3 Å². The van der Waals surface area contributed by atoms with Crippen LogP contribution in [0, 0.1) is 0 Å². The van der Waals surface area contributed by atoms with Gasteiger partial charge >= 0.3 is 5.97 Å². The largest absolute Gasteiger partial charge is 0.500 e. The zero-order valence-electron chi connectivity index (χ0n) is 10.4. The van der Waals surface area contributed by atoms with E-state index < -0.39 is 5.97 Å². The minimum Gasteiger partial charge on any atom is -0.500 e. The van der Waals surface area contributed by atoms with Crippen molar-refractivity contribution in [3.63, 3.8) is 0 Å². The molecule has 0 spiro atoms. The van der Waals surface area contributed by atoms with Gasteiger partial charge in [-0.05, 0) is 19.1 Å². The number of esters is 1. The molecule has 0 fully saturated rings. The van der Waals surface area contributed by atoms with Crippen molar-refractivity contribution in [1.29, 1.82) is 0 Å². The highest BCUT2D eigenvalue weighted by Crippen LogP contribution is 2.17. The van der Waals surface area contributed by atoms with E-state index in [2.05, 4.69) is 4.74 Å². The first-order valence-corrected chi connectivity index (χ1v) is 5.18. The molecule has 0 aromatic heterocycles. The van der Waals surface area contributed by atoms with Gasteiger partial charge in [-0.3, -0.25) is 4.79 Å². The summed E-state index contributed by atoms with van der Waals surface area (Å²) in [7, 11) is 2.62. The highest BCUT2D eigenvalue weighted by molar-refractivity contribution is 5.94. The van der Waals surface area contributed by atoms with E-state index in [1.54, 1.807) is 18.2 Å². The van der Waals surface area contributed by atoms with Gasteiger partial charge in [-0.1, -0.05) is 12.1 Å². The van der Waals surface area contributed by atoms with E-state index in [1.807, 2.05) is 0 Å². The Balaban J connectivity index is 2.94. The Kier molecular flexibility index (Phi) is 4.92. The fraction of sp³-hybridized carbons (Fsp3) is 0.231. The second kappa shape index (κ2) is 6.44. The van der Waals surface area contributed by atoms with Crippen LogP contribution in [-0.4, -0.2) is 26.0 Å². The SMILES string of the molecule is CO/C=C(/Oc1cccc(C(C)=O)c1)C(=O)OC. The van der Waals surface area contributed by atoms with Crippen LogP contribution in [0.4, 0.5) is 0 Å². The molecule has 5 nitrogen and oxygen atoms in total. The summed E-state index contributed by atoms with van der Waals surface area (Å²) in [6, 6.07) is 6.48. The topological polar surface area (TPSA) is 61.8 Å². The van der Waals surface area contributed by atoms with Crippen LogP contribution in [0.25, 0.3) is 0 Å². The normalized spacial score (nSPS) is 10.7. The van der Waals surface area contributed by atoms with E-state index >= 15 is 0 Å². The second-order valence-electron chi connectivity index (χ2n) is 3.40. The van der Waals surface area contributed by atoms with E-state index in [9.17, 15) is 9.59 Å². The number of carbonyl (C=O) groups excluding carboxylic acids is 2. The van der Waals surface area contributed by atoms with Crippen molar-refractivity contribution < 1.29 is 23.8 Å². The molecule has 1 rings (SSSR count). The summed E-state index contributed by atoms with van der Waals surface area (Å²) in [5.74, 6) is -0.488. The smallest absolute Gasteiger partial charge is 0.377 e. The van der Waals surface area contributed by atoms with E-state index in [-0.39, 0.29) is 11.5 Å². The number of Topliss-reactive ketones (excluding diaryl/α,β-unsaturated/α-hetero) is 1. The van der Waals surface area contributed by atoms with Gasteiger partial charge in [0.05, 0.1) is 14.2 Å². The van der Waals surface area contributed by atoms with Gasteiger partial charge in [0.1, 0.15) is 12.0 Å². The lowest BCUT2D eigenvalue weighted by Gasteiger charge is -2.08. The van der Waals surface area contributed by atoms with Gasteiger partial charge in [0, 0.05) is 5.56 Å². The van der Waals surface area contributed by atoms with Gasteiger partial charge < -0.3 is 14.2 Å². The summed E-state index contributed by atoms with van der Waals surface area (Å²) in [5, 5.41) is 0. The van der Waals surface area contributed by atoms with Crippen LogP contribution in [0.5, 0.6) is 5.75 Å². The van der Waals surface area contributed by atoms with Crippen molar-refractivity contribution in [2.24, 2.45) is 0 Å². The minimum atomic E-state index is -0.662. The molecule has 0 aliphatic heterocycles. The molecule has 0 bridgehead atoms. The molecule has 0 unspecified atom stereocenters. The average Bonchev–Trinajstić information content (AvgIpc) is 2.37. The standard InChI is InChI=1S/C13H14O5/c1-9(14)10-5-4-6-11(7-10)18-12(8-16-2)13(15)17-3/h4-8H,1-3H3/b12-8+. The summed E-state index contributed by atoms with van der Waals surface area (Å²) in [5.41, 5.74) is 0.495. The summed E-state index contributed by atoms with van der Waals surface area (Å²) in [4.78, 5) is 22.6. The molecule has 0 heterocycles. The molecule has 0 atom stereocenters. The molecule has 0 aliphatic rings. The van der Waals surface area contributed by atoms with E-state index in [0.717, 1.165) is 6.26 Å². The molecule has 5 heteroatoms. The summed E-state index contributed by atoms with van der Waals surface area (Å²) in [6.07, 6.45) is 1.13. The van der Waals surface area contributed by atoms with Crippen molar-refractivity contribution in [3.05, 3.63) is 41.9 Å².